The average Bonchev–Trinajstić information content (AvgIpc) is 2.82. The number of nitrogens with two attached hydrogens (primary N) is 1. The molecule has 1 unspecified atom stereocenters. The second kappa shape index (κ2) is 5.45. The number of aromatic nitrogens is 2. The lowest BCUT2D eigenvalue weighted by Gasteiger charge is -2.15. The van der Waals surface area contributed by atoms with Gasteiger partial charge in [-0.2, -0.15) is 0 Å². The number of aryl methyl sites for hydroxylation is 1. The van der Waals surface area contributed by atoms with Crippen molar-refractivity contribution in [1.82, 2.24) is 9.55 Å². The third kappa shape index (κ3) is 2.63. The third-order valence-electron chi connectivity index (χ3n) is 3.40. The second-order valence-corrected chi connectivity index (χ2v) is 4.90. The van der Waals surface area contributed by atoms with Crippen LogP contribution in [0.2, 0.25) is 0 Å². The maximum absolute atomic E-state index is 5.96. The molecule has 0 amide bonds. The molecule has 0 bridgehead atoms. The minimum atomic E-state index is 0.0163. The Kier molecular flexibility index (Phi) is 3.90. The standard InChI is InChI=1S/C15H21N3O/c1-10-8-17-13(11(2)15(10)19-4)9-18-7-5-6-14(18)12(3)16/h5-8,12H,9,16H2,1-4H3. The topological polar surface area (TPSA) is 53.1 Å². The highest BCUT2D eigenvalue weighted by molar-refractivity contribution is 5.41. The van der Waals surface area contributed by atoms with E-state index in [2.05, 4.69) is 9.55 Å². The molecular formula is C15H21N3O. The van der Waals surface area contributed by atoms with Crippen LogP contribution in [-0.4, -0.2) is 16.7 Å². The molecule has 0 aliphatic rings. The third-order valence-corrected chi connectivity index (χ3v) is 3.40. The van der Waals surface area contributed by atoms with Gasteiger partial charge in [-0.25, -0.2) is 0 Å². The molecule has 0 saturated heterocycles. The van der Waals surface area contributed by atoms with Crippen molar-refractivity contribution in [1.29, 1.82) is 0 Å². The van der Waals surface area contributed by atoms with Crippen LogP contribution in [0.15, 0.2) is 24.5 Å². The zero-order chi connectivity index (χ0) is 14.0. The van der Waals surface area contributed by atoms with Gasteiger partial charge >= 0.3 is 0 Å². The van der Waals surface area contributed by atoms with E-state index in [0.717, 1.165) is 28.3 Å². The molecule has 1 atom stereocenters. The first-order valence-corrected chi connectivity index (χ1v) is 6.44. The van der Waals surface area contributed by atoms with E-state index in [1.165, 1.54) is 0 Å². The molecule has 2 aromatic heterocycles. The molecule has 2 aromatic rings. The van der Waals surface area contributed by atoms with Crippen LogP contribution in [0.5, 0.6) is 5.75 Å². The summed E-state index contributed by atoms with van der Waals surface area (Å²) in [6.45, 7) is 6.75. The highest BCUT2D eigenvalue weighted by Gasteiger charge is 2.12. The minimum Gasteiger partial charge on any atom is -0.496 e. The first-order valence-electron chi connectivity index (χ1n) is 6.44. The monoisotopic (exact) mass is 259 g/mol. The summed E-state index contributed by atoms with van der Waals surface area (Å²) < 4.78 is 7.57. The summed E-state index contributed by atoms with van der Waals surface area (Å²) >= 11 is 0. The molecule has 19 heavy (non-hydrogen) atoms. The van der Waals surface area contributed by atoms with E-state index < -0.39 is 0 Å². The maximum atomic E-state index is 5.96. The predicted octanol–water partition coefficient (Wildman–Crippen LogP) is 2.58. The Bertz CT molecular complexity index is 573. The van der Waals surface area contributed by atoms with Gasteiger partial charge in [-0.3, -0.25) is 4.98 Å². The summed E-state index contributed by atoms with van der Waals surface area (Å²) in [4.78, 5) is 4.52. The molecule has 4 nitrogen and oxygen atoms in total. The van der Waals surface area contributed by atoms with Gasteiger partial charge in [0.1, 0.15) is 5.75 Å². The van der Waals surface area contributed by atoms with E-state index in [1.54, 1.807) is 7.11 Å². The Balaban J connectivity index is 2.36. The van der Waals surface area contributed by atoms with E-state index in [0.29, 0.717) is 6.54 Å². The number of hydrogen-bond acceptors (Lipinski definition) is 3. The Morgan fingerprint density at radius 3 is 2.79 bits per heavy atom. The number of methoxy groups -OCH3 is 1. The van der Waals surface area contributed by atoms with Crippen molar-refractivity contribution >= 4 is 0 Å². The highest BCUT2D eigenvalue weighted by Crippen LogP contribution is 2.25. The van der Waals surface area contributed by atoms with Crippen molar-refractivity contribution in [2.75, 3.05) is 7.11 Å². The van der Waals surface area contributed by atoms with Crippen molar-refractivity contribution in [3.63, 3.8) is 0 Å². The summed E-state index contributed by atoms with van der Waals surface area (Å²) in [5, 5.41) is 0. The van der Waals surface area contributed by atoms with E-state index in [9.17, 15) is 0 Å². The minimum absolute atomic E-state index is 0.0163. The van der Waals surface area contributed by atoms with Crippen LogP contribution in [0.1, 0.15) is 35.5 Å². The predicted molar refractivity (Wildman–Crippen MR) is 76.4 cm³/mol. The van der Waals surface area contributed by atoms with Gasteiger partial charge in [-0.15, -0.1) is 0 Å². The molecule has 0 aliphatic heterocycles. The quantitative estimate of drug-likeness (QED) is 0.918. The number of pyridine rings is 1. The molecule has 0 aromatic carbocycles. The highest BCUT2D eigenvalue weighted by atomic mass is 16.5. The Morgan fingerprint density at radius 2 is 2.16 bits per heavy atom. The van der Waals surface area contributed by atoms with Gasteiger partial charge in [0.25, 0.3) is 0 Å². The molecule has 4 heteroatoms. The zero-order valence-corrected chi connectivity index (χ0v) is 12.0. The summed E-state index contributed by atoms with van der Waals surface area (Å²) in [6.07, 6.45) is 3.89. The normalized spacial score (nSPS) is 12.5. The van der Waals surface area contributed by atoms with Gasteiger partial charge < -0.3 is 15.0 Å². The SMILES string of the molecule is COc1c(C)cnc(Cn2cccc2C(C)N)c1C. The lowest BCUT2D eigenvalue weighted by molar-refractivity contribution is 0.406. The van der Waals surface area contributed by atoms with Gasteiger partial charge in [-0.05, 0) is 32.9 Å². The van der Waals surface area contributed by atoms with Crippen LogP contribution in [0.4, 0.5) is 0 Å². The molecule has 2 rings (SSSR count). The fourth-order valence-electron chi connectivity index (χ4n) is 2.38. The maximum Gasteiger partial charge on any atom is 0.128 e. The summed E-state index contributed by atoms with van der Waals surface area (Å²) in [5.74, 6) is 0.916. The van der Waals surface area contributed by atoms with Crippen LogP contribution in [-0.2, 0) is 6.54 Å². The second-order valence-electron chi connectivity index (χ2n) is 4.90. The summed E-state index contributed by atoms with van der Waals surface area (Å²) in [6, 6.07) is 4.08. The van der Waals surface area contributed by atoms with Crippen LogP contribution in [0.3, 0.4) is 0 Å². The summed E-state index contributed by atoms with van der Waals surface area (Å²) in [5.41, 5.74) is 10.2. The number of ether oxygens (including phenoxy) is 1. The van der Waals surface area contributed by atoms with E-state index in [1.807, 2.05) is 45.3 Å². The molecular weight excluding hydrogens is 238 g/mol. The van der Waals surface area contributed by atoms with Crippen LogP contribution in [0, 0.1) is 13.8 Å². The molecule has 0 saturated carbocycles. The fourth-order valence-corrected chi connectivity index (χ4v) is 2.38. The van der Waals surface area contributed by atoms with Crippen LogP contribution in [0.25, 0.3) is 0 Å². The first-order chi connectivity index (χ1) is 9.04. The number of rotatable bonds is 4. The number of nitrogens with zero attached hydrogens (tertiary/aromatic N) is 2. The van der Waals surface area contributed by atoms with Gasteiger partial charge in [-0.1, -0.05) is 0 Å². The smallest absolute Gasteiger partial charge is 0.128 e. The lowest BCUT2D eigenvalue weighted by atomic mass is 10.1. The lowest BCUT2D eigenvalue weighted by Crippen LogP contribution is -2.13. The van der Waals surface area contributed by atoms with Crippen molar-refractivity contribution in [2.45, 2.75) is 33.4 Å². The van der Waals surface area contributed by atoms with Gasteiger partial charge in [0.15, 0.2) is 0 Å². The Hall–Kier alpha value is -1.81. The van der Waals surface area contributed by atoms with Crippen LogP contribution < -0.4 is 10.5 Å². The first kappa shape index (κ1) is 13.6. The largest absolute Gasteiger partial charge is 0.496 e. The van der Waals surface area contributed by atoms with Crippen LogP contribution >= 0.6 is 0 Å². The summed E-state index contributed by atoms with van der Waals surface area (Å²) in [7, 11) is 1.70. The van der Waals surface area contributed by atoms with Crippen molar-refractivity contribution in [2.24, 2.45) is 5.73 Å². The number of hydrogen-bond donors (Lipinski definition) is 1. The van der Waals surface area contributed by atoms with E-state index >= 15 is 0 Å². The Labute approximate surface area is 114 Å². The molecule has 0 fully saturated rings. The molecule has 0 spiro atoms. The fraction of sp³-hybridized carbons (Fsp3) is 0.400. The molecule has 0 aliphatic carbocycles. The zero-order valence-electron chi connectivity index (χ0n) is 12.0. The molecule has 0 radical (unpaired) electrons. The van der Waals surface area contributed by atoms with Crippen molar-refractivity contribution in [3.05, 3.63) is 47.0 Å². The van der Waals surface area contributed by atoms with Gasteiger partial charge in [0.05, 0.1) is 19.3 Å². The van der Waals surface area contributed by atoms with Crippen molar-refractivity contribution < 1.29 is 4.74 Å². The van der Waals surface area contributed by atoms with E-state index in [-0.39, 0.29) is 6.04 Å². The average molecular weight is 259 g/mol. The Morgan fingerprint density at radius 1 is 1.42 bits per heavy atom. The van der Waals surface area contributed by atoms with Gasteiger partial charge in [0.2, 0.25) is 0 Å². The molecule has 2 heterocycles. The molecule has 102 valence electrons. The van der Waals surface area contributed by atoms with Gasteiger partial charge in [0, 0.05) is 35.3 Å². The van der Waals surface area contributed by atoms with E-state index in [4.69, 9.17) is 10.5 Å². The van der Waals surface area contributed by atoms with Crippen molar-refractivity contribution in [3.8, 4) is 5.75 Å². The molecule has 2 N–H and O–H groups in total.